The maximum Gasteiger partial charge on any atom is 0.0849 e. The van der Waals surface area contributed by atoms with Gasteiger partial charge in [0.15, 0.2) is 0 Å². The van der Waals surface area contributed by atoms with Crippen LogP contribution in [0.5, 0.6) is 0 Å². The molecule has 0 radical (unpaired) electrons. The number of anilines is 1. The highest BCUT2D eigenvalue weighted by molar-refractivity contribution is 6.35. The van der Waals surface area contributed by atoms with Crippen LogP contribution < -0.4 is 5.32 Å². The van der Waals surface area contributed by atoms with Gasteiger partial charge >= 0.3 is 0 Å². The van der Waals surface area contributed by atoms with E-state index in [-0.39, 0.29) is 6.04 Å². The summed E-state index contributed by atoms with van der Waals surface area (Å²) in [6, 6.07) is 7.32. The van der Waals surface area contributed by atoms with Crippen molar-refractivity contribution in [3.63, 3.8) is 0 Å². The molecule has 0 unspecified atom stereocenters. The van der Waals surface area contributed by atoms with Crippen LogP contribution in [0.3, 0.4) is 0 Å². The van der Waals surface area contributed by atoms with Crippen LogP contribution in [-0.4, -0.2) is 4.98 Å². The van der Waals surface area contributed by atoms with Crippen LogP contribution in [-0.2, 0) is 0 Å². The van der Waals surface area contributed by atoms with Crippen LogP contribution in [0.25, 0.3) is 0 Å². The first-order valence-corrected chi connectivity index (χ1v) is 6.95. The minimum atomic E-state index is 0.0177. The molecule has 19 heavy (non-hydrogen) atoms. The number of rotatable bonds is 3. The van der Waals surface area contributed by atoms with E-state index in [4.69, 9.17) is 34.8 Å². The number of nitrogens with one attached hydrogen (secondary N) is 1. The van der Waals surface area contributed by atoms with Crippen molar-refractivity contribution in [3.8, 4) is 0 Å². The summed E-state index contributed by atoms with van der Waals surface area (Å²) in [7, 11) is 0. The monoisotopic (exact) mass is 314 g/mol. The van der Waals surface area contributed by atoms with Crippen molar-refractivity contribution >= 4 is 40.5 Å². The van der Waals surface area contributed by atoms with E-state index in [1.54, 1.807) is 12.3 Å². The molecule has 1 N–H and O–H groups in total. The van der Waals surface area contributed by atoms with E-state index in [0.29, 0.717) is 15.1 Å². The number of aryl methyl sites for hydroxylation is 1. The molecule has 0 spiro atoms. The molecule has 0 aliphatic heterocycles. The number of hydrogen-bond acceptors (Lipinski definition) is 2. The van der Waals surface area contributed by atoms with Gasteiger partial charge in [0, 0.05) is 16.2 Å². The molecule has 0 amide bonds. The maximum absolute atomic E-state index is 6.21. The summed E-state index contributed by atoms with van der Waals surface area (Å²) in [5, 5.41) is 5.21. The highest BCUT2D eigenvalue weighted by Gasteiger charge is 2.12. The molecule has 0 aliphatic rings. The second kappa shape index (κ2) is 6.00. The fourth-order valence-corrected chi connectivity index (χ4v) is 2.56. The molecule has 2 rings (SSSR count). The molecule has 2 aromatic rings. The number of pyridine rings is 1. The molecule has 0 saturated heterocycles. The Kier molecular flexibility index (Phi) is 4.56. The van der Waals surface area contributed by atoms with Crippen molar-refractivity contribution in [1.82, 2.24) is 4.98 Å². The zero-order chi connectivity index (χ0) is 14.0. The predicted octanol–water partition coefficient (Wildman–Crippen LogP) is 5.52. The fraction of sp³-hybridized carbons (Fsp3) is 0.214. The Morgan fingerprint density at radius 3 is 2.58 bits per heavy atom. The van der Waals surface area contributed by atoms with E-state index in [9.17, 15) is 0 Å². The summed E-state index contributed by atoms with van der Waals surface area (Å²) in [6.45, 7) is 3.88. The van der Waals surface area contributed by atoms with Gasteiger partial charge < -0.3 is 5.32 Å². The van der Waals surface area contributed by atoms with Gasteiger partial charge in [0.2, 0.25) is 0 Å². The van der Waals surface area contributed by atoms with Crippen LogP contribution in [0.1, 0.15) is 24.2 Å². The Bertz CT molecular complexity index is 599. The molecule has 0 fully saturated rings. The zero-order valence-electron chi connectivity index (χ0n) is 10.5. The Labute approximate surface area is 127 Å². The van der Waals surface area contributed by atoms with Crippen molar-refractivity contribution in [2.24, 2.45) is 0 Å². The van der Waals surface area contributed by atoms with Crippen LogP contribution in [0, 0.1) is 6.92 Å². The van der Waals surface area contributed by atoms with E-state index in [1.807, 2.05) is 32.0 Å². The Morgan fingerprint density at radius 2 is 1.89 bits per heavy atom. The normalized spacial score (nSPS) is 12.3. The molecule has 1 atom stereocenters. The second-order valence-corrected chi connectivity index (χ2v) is 5.51. The highest BCUT2D eigenvalue weighted by atomic mass is 35.5. The van der Waals surface area contributed by atoms with Gasteiger partial charge in [0.25, 0.3) is 0 Å². The highest BCUT2D eigenvalue weighted by Crippen LogP contribution is 2.31. The summed E-state index contributed by atoms with van der Waals surface area (Å²) in [5.74, 6) is 0. The number of nitrogens with zero attached hydrogens (tertiary/aromatic N) is 1. The number of benzene rings is 1. The SMILES string of the molecule is Cc1nccc(N[C@H](C)c2ccc(Cl)cc2Cl)c1Cl. The Morgan fingerprint density at radius 1 is 1.16 bits per heavy atom. The molecule has 1 aromatic carbocycles. The van der Waals surface area contributed by atoms with Gasteiger partial charge in [-0.05, 0) is 37.6 Å². The summed E-state index contributed by atoms with van der Waals surface area (Å²) >= 11 is 18.3. The summed E-state index contributed by atoms with van der Waals surface area (Å²) < 4.78 is 0. The van der Waals surface area contributed by atoms with Crippen molar-refractivity contribution < 1.29 is 0 Å². The van der Waals surface area contributed by atoms with Gasteiger partial charge in [-0.3, -0.25) is 4.98 Å². The smallest absolute Gasteiger partial charge is 0.0849 e. The molecule has 1 aromatic heterocycles. The van der Waals surface area contributed by atoms with Crippen LogP contribution >= 0.6 is 34.8 Å². The third kappa shape index (κ3) is 3.33. The van der Waals surface area contributed by atoms with Crippen molar-refractivity contribution in [3.05, 3.63) is 56.8 Å². The lowest BCUT2D eigenvalue weighted by molar-refractivity contribution is 0.883. The minimum absolute atomic E-state index is 0.0177. The number of halogens is 3. The second-order valence-electron chi connectivity index (χ2n) is 4.29. The maximum atomic E-state index is 6.21. The summed E-state index contributed by atoms with van der Waals surface area (Å²) in [6.07, 6.45) is 1.72. The molecule has 0 bridgehead atoms. The van der Waals surface area contributed by atoms with E-state index in [2.05, 4.69) is 10.3 Å². The Hall–Kier alpha value is -0.960. The summed E-state index contributed by atoms with van der Waals surface area (Å²) in [5.41, 5.74) is 2.60. The first-order valence-electron chi connectivity index (χ1n) is 5.81. The molecule has 2 nitrogen and oxygen atoms in total. The first kappa shape index (κ1) is 14.4. The van der Waals surface area contributed by atoms with E-state index < -0.39 is 0 Å². The molecular formula is C14H13Cl3N2. The minimum Gasteiger partial charge on any atom is -0.377 e. The quantitative estimate of drug-likeness (QED) is 0.806. The van der Waals surface area contributed by atoms with Crippen LogP contribution in [0.2, 0.25) is 15.1 Å². The van der Waals surface area contributed by atoms with E-state index in [0.717, 1.165) is 16.9 Å². The molecule has 0 aliphatic carbocycles. The van der Waals surface area contributed by atoms with Gasteiger partial charge in [-0.1, -0.05) is 40.9 Å². The third-order valence-corrected chi connectivity index (χ3v) is 3.90. The average molecular weight is 316 g/mol. The van der Waals surface area contributed by atoms with E-state index >= 15 is 0 Å². The third-order valence-electron chi connectivity index (χ3n) is 2.86. The summed E-state index contributed by atoms with van der Waals surface area (Å²) in [4.78, 5) is 4.13. The largest absolute Gasteiger partial charge is 0.377 e. The molecule has 1 heterocycles. The lowest BCUT2D eigenvalue weighted by Gasteiger charge is -2.18. The standard InChI is InChI=1S/C14H13Cl3N2/c1-8(11-4-3-10(15)7-12(11)16)19-13-5-6-18-9(2)14(13)17/h3-8H,1-2H3,(H,18,19)/t8-/m1/s1. The molecule has 100 valence electrons. The van der Waals surface area contributed by atoms with Crippen molar-refractivity contribution in [2.75, 3.05) is 5.32 Å². The van der Waals surface area contributed by atoms with Gasteiger partial charge in [0.05, 0.1) is 22.4 Å². The number of hydrogen-bond donors (Lipinski definition) is 1. The van der Waals surface area contributed by atoms with Gasteiger partial charge in [-0.2, -0.15) is 0 Å². The molecular weight excluding hydrogens is 303 g/mol. The van der Waals surface area contributed by atoms with Crippen molar-refractivity contribution in [2.45, 2.75) is 19.9 Å². The van der Waals surface area contributed by atoms with Crippen molar-refractivity contribution in [1.29, 1.82) is 0 Å². The van der Waals surface area contributed by atoms with E-state index in [1.165, 1.54) is 0 Å². The first-order chi connectivity index (χ1) is 8.99. The van der Waals surface area contributed by atoms with Crippen LogP contribution in [0.15, 0.2) is 30.5 Å². The topological polar surface area (TPSA) is 24.9 Å². The average Bonchev–Trinajstić information content (AvgIpc) is 2.34. The number of aromatic nitrogens is 1. The lowest BCUT2D eigenvalue weighted by Crippen LogP contribution is -2.08. The molecule has 0 saturated carbocycles. The van der Waals surface area contributed by atoms with Gasteiger partial charge in [0.1, 0.15) is 0 Å². The Balaban J connectivity index is 2.25. The van der Waals surface area contributed by atoms with Crippen LogP contribution in [0.4, 0.5) is 5.69 Å². The van der Waals surface area contributed by atoms with Gasteiger partial charge in [-0.15, -0.1) is 0 Å². The lowest BCUT2D eigenvalue weighted by atomic mass is 10.1. The van der Waals surface area contributed by atoms with Gasteiger partial charge in [-0.25, -0.2) is 0 Å². The molecule has 5 heteroatoms. The predicted molar refractivity (Wildman–Crippen MR) is 82.5 cm³/mol. The fourth-order valence-electron chi connectivity index (χ4n) is 1.82. The zero-order valence-corrected chi connectivity index (χ0v) is 12.8.